The van der Waals surface area contributed by atoms with Crippen LogP contribution in [0, 0.1) is 6.92 Å². The molecule has 1 aliphatic rings. The first kappa shape index (κ1) is 19.4. The number of aryl methyl sites for hydroxylation is 1. The van der Waals surface area contributed by atoms with E-state index < -0.39 is 0 Å². The first-order valence-corrected chi connectivity index (χ1v) is 10.1. The molecule has 1 aromatic carbocycles. The zero-order valence-electron chi connectivity index (χ0n) is 16.9. The van der Waals surface area contributed by atoms with E-state index in [0.29, 0.717) is 17.1 Å². The Kier molecular flexibility index (Phi) is 5.78. The normalized spacial score (nSPS) is 15.5. The van der Waals surface area contributed by atoms with Crippen molar-refractivity contribution in [3.63, 3.8) is 0 Å². The third-order valence-corrected chi connectivity index (χ3v) is 5.35. The van der Waals surface area contributed by atoms with Crippen molar-refractivity contribution >= 4 is 11.6 Å². The number of hydrogen-bond donors (Lipinski definition) is 2. The second kappa shape index (κ2) is 8.63. The summed E-state index contributed by atoms with van der Waals surface area (Å²) in [6.45, 7) is 10.6. The van der Waals surface area contributed by atoms with E-state index in [4.69, 9.17) is 4.42 Å². The summed E-state index contributed by atoms with van der Waals surface area (Å²) in [7, 11) is 0. The van der Waals surface area contributed by atoms with Crippen molar-refractivity contribution in [1.82, 2.24) is 20.0 Å². The van der Waals surface area contributed by atoms with E-state index in [1.54, 1.807) is 6.07 Å². The fourth-order valence-corrected chi connectivity index (χ4v) is 3.55. The number of anilines is 1. The van der Waals surface area contributed by atoms with Crippen molar-refractivity contribution < 1.29 is 9.21 Å². The predicted octanol–water partition coefficient (Wildman–Crippen LogP) is 3.37. The number of hydrogen-bond acceptors (Lipinski definition) is 5. The van der Waals surface area contributed by atoms with Crippen LogP contribution in [0.15, 0.2) is 46.9 Å². The topological polar surface area (TPSA) is 77.4 Å². The van der Waals surface area contributed by atoms with Crippen molar-refractivity contribution in [2.45, 2.75) is 20.4 Å². The van der Waals surface area contributed by atoms with Crippen LogP contribution in [-0.2, 0) is 6.54 Å². The van der Waals surface area contributed by atoms with Crippen LogP contribution in [0.1, 0.15) is 28.7 Å². The molecule has 1 amide bonds. The fourth-order valence-electron chi connectivity index (χ4n) is 3.55. The van der Waals surface area contributed by atoms with Crippen LogP contribution in [-0.4, -0.2) is 58.6 Å². The first-order valence-electron chi connectivity index (χ1n) is 10.1. The lowest BCUT2D eigenvalue weighted by atomic mass is 10.1. The van der Waals surface area contributed by atoms with Gasteiger partial charge in [-0.05, 0) is 43.3 Å². The molecule has 0 radical (unpaired) electrons. The van der Waals surface area contributed by atoms with Crippen LogP contribution in [0.5, 0.6) is 0 Å². The quantitative estimate of drug-likeness (QED) is 0.671. The standard InChI is InChI=1S/C22H27N5O2/c1-3-26-10-12-27(13-11-26)15-17-5-7-18(8-6-17)23-22(28)20-14-19(24-25-20)21-9-4-16(2)29-21/h4-9,14H,3,10-13,15H2,1-2H3,(H,23,28)(H,24,25). The molecule has 152 valence electrons. The molecule has 0 saturated carbocycles. The van der Waals surface area contributed by atoms with Gasteiger partial charge in [0.05, 0.1) is 0 Å². The number of nitrogens with one attached hydrogen (secondary N) is 2. The minimum Gasteiger partial charge on any atom is -0.460 e. The van der Waals surface area contributed by atoms with Crippen molar-refractivity contribution in [2.24, 2.45) is 0 Å². The number of H-pyrrole nitrogens is 1. The second-order valence-electron chi connectivity index (χ2n) is 7.44. The van der Waals surface area contributed by atoms with Gasteiger partial charge < -0.3 is 14.6 Å². The molecule has 0 atom stereocenters. The van der Waals surface area contributed by atoms with Crippen LogP contribution in [0.2, 0.25) is 0 Å². The van der Waals surface area contributed by atoms with Gasteiger partial charge in [-0.2, -0.15) is 5.10 Å². The third kappa shape index (κ3) is 4.75. The molecule has 0 aliphatic carbocycles. The lowest BCUT2D eigenvalue weighted by Gasteiger charge is -2.34. The Labute approximate surface area is 170 Å². The van der Waals surface area contributed by atoms with E-state index in [2.05, 4.69) is 44.4 Å². The summed E-state index contributed by atoms with van der Waals surface area (Å²) in [6, 6.07) is 13.5. The number of carbonyl (C=O) groups excluding carboxylic acids is 1. The minimum absolute atomic E-state index is 0.251. The average Bonchev–Trinajstić information content (AvgIpc) is 3.39. The molecular weight excluding hydrogens is 366 g/mol. The van der Waals surface area contributed by atoms with E-state index in [0.717, 1.165) is 50.7 Å². The van der Waals surface area contributed by atoms with Gasteiger partial charge in [0.25, 0.3) is 5.91 Å². The Morgan fingerprint density at radius 3 is 2.48 bits per heavy atom. The molecule has 2 aromatic heterocycles. The molecule has 1 aliphatic heterocycles. The molecule has 0 spiro atoms. The van der Waals surface area contributed by atoms with Gasteiger partial charge in [-0.25, -0.2) is 0 Å². The first-order chi connectivity index (χ1) is 14.1. The Morgan fingerprint density at radius 1 is 1.10 bits per heavy atom. The van der Waals surface area contributed by atoms with E-state index in [-0.39, 0.29) is 5.91 Å². The summed E-state index contributed by atoms with van der Waals surface area (Å²) in [6.07, 6.45) is 0. The lowest BCUT2D eigenvalue weighted by Crippen LogP contribution is -2.45. The summed E-state index contributed by atoms with van der Waals surface area (Å²) in [4.78, 5) is 17.4. The molecule has 29 heavy (non-hydrogen) atoms. The lowest BCUT2D eigenvalue weighted by molar-refractivity contribution is 0.102. The summed E-state index contributed by atoms with van der Waals surface area (Å²) >= 11 is 0. The number of amides is 1. The zero-order valence-corrected chi connectivity index (χ0v) is 16.9. The highest BCUT2D eigenvalue weighted by molar-refractivity contribution is 6.03. The summed E-state index contributed by atoms with van der Waals surface area (Å²) in [5, 5.41) is 9.85. The number of carbonyl (C=O) groups is 1. The van der Waals surface area contributed by atoms with Gasteiger partial charge in [-0.3, -0.25) is 14.8 Å². The average molecular weight is 393 g/mol. The number of rotatable bonds is 6. The summed E-state index contributed by atoms with van der Waals surface area (Å²) < 4.78 is 5.56. The van der Waals surface area contributed by atoms with Gasteiger partial charge in [0.1, 0.15) is 11.5 Å². The third-order valence-electron chi connectivity index (χ3n) is 5.35. The molecule has 7 nitrogen and oxygen atoms in total. The van der Waals surface area contributed by atoms with Crippen LogP contribution >= 0.6 is 0 Å². The van der Waals surface area contributed by atoms with Crippen LogP contribution in [0.25, 0.3) is 11.5 Å². The molecule has 4 rings (SSSR count). The highest BCUT2D eigenvalue weighted by Gasteiger charge is 2.16. The summed E-state index contributed by atoms with van der Waals surface area (Å²) in [5.74, 6) is 1.23. The van der Waals surface area contributed by atoms with E-state index in [9.17, 15) is 4.79 Å². The Hall–Kier alpha value is -2.90. The highest BCUT2D eigenvalue weighted by Crippen LogP contribution is 2.21. The number of likely N-dealkylation sites (N-methyl/N-ethyl adjacent to an activating group) is 1. The maximum absolute atomic E-state index is 12.5. The second-order valence-corrected chi connectivity index (χ2v) is 7.44. The van der Waals surface area contributed by atoms with E-state index in [1.807, 2.05) is 31.2 Å². The number of benzene rings is 1. The maximum Gasteiger partial charge on any atom is 0.276 e. The highest BCUT2D eigenvalue weighted by atomic mass is 16.3. The molecule has 0 unspecified atom stereocenters. The zero-order chi connectivity index (χ0) is 20.2. The van der Waals surface area contributed by atoms with Crippen molar-refractivity contribution in [1.29, 1.82) is 0 Å². The SMILES string of the molecule is CCN1CCN(Cc2ccc(NC(=O)c3cc(-c4ccc(C)o4)[nH]n3)cc2)CC1. The smallest absolute Gasteiger partial charge is 0.276 e. The largest absolute Gasteiger partial charge is 0.460 e. The Balaban J connectivity index is 1.33. The fraction of sp³-hybridized carbons (Fsp3) is 0.364. The minimum atomic E-state index is -0.251. The molecular formula is C22H27N5O2. The van der Waals surface area contributed by atoms with E-state index in [1.165, 1.54) is 5.56 Å². The van der Waals surface area contributed by atoms with Crippen molar-refractivity contribution in [2.75, 3.05) is 38.0 Å². The van der Waals surface area contributed by atoms with Gasteiger partial charge in [-0.1, -0.05) is 19.1 Å². The van der Waals surface area contributed by atoms with Gasteiger partial charge in [0.2, 0.25) is 0 Å². The number of nitrogens with zero attached hydrogens (tertiary/aromatic N) is 3. The van der Waals surface area contributed by atoms with Gasteiger partial charge in [-0.15, -0.1) is 0 Å². The Morgan fingerprint density at radius 2 is 1.83 bits per heavy atom. The molecule has 1 fully saturated rings. The van der Waals surface area contributed by atoms with Crippen molar-refractivity contribution in [3.8, 4) is 11.5 Å². The molecule has 1 saturated heterocycles. The predicted molar refractivity (Wildman–Crippen MR) is 113 cm³/mol. The van der Waals surface area contributed by atoms with Crippen LogP contribution < -0.4 is 5.32 Å². The molecule has 2 N–H and O–H groups in total. The monoisotopic (exact) mass is 393 g/mol. The van der Waals surface area contributed by atoms with Crippen molar-refractivity contribution in [3.05, 3.63) is 59.5 Å². The summed E-state index contributed by atoms with van der Waals surface area (Å²) in [5.41, 5.74) is 3.02. The van der Waals surface area contributed by atoms with Crippen LogP contribution in [0.3, 0.4) is 0 Å². The molecule has 7 heteroatoms. The van der Waals surface area contributed by atoms with Gasteiger partial charge >= 0.3 is 0 Å². The number of piperazine rings is 1. The van der Waals surface area contributed by atoms with Gasteiger partial charge in [0, 0.05) is 44.5 Å². The molecule has 3 aromatic rings. The Bertz CT molecular complexity index is 952. The van der Waals surface area contributed by atoms with Gasteiger partial charge in [0.15, 0.2) is 11.5 Å². The molecule has 3 heterocycles. The number of aromatic nitrogens is 2. The maximum atomic E-state index is 12.5. The number of aromatic amines is 1. The van der Waals surface area contributed by atoms with E-state index >= 15 is 0 Å². The number of furan rings is 1. The molecule has 0 bridgehead atoms. The van der Waals surface area contributed by atoms with Crippen LogP contribution in [0.4, 0.5) is 5.69 Å².